The fourth-order valence-corrected chi connectivity index (χ4v) is 2.67. The number of fused-ring (bicyclic) bond motifs is 3. The number of nitrogens with zero attached hydrogens (tertiary/aromatic N) is 2. The van der Waals surface area contributed by atoms with Crippen LogP contribution < -0.4 is 16.0 Å². The van der Waals surface area contributed by atoms with Crippen molar-refractivity contribution in [3.63, 3.8) is 0 Å². The van der Waals surface area contributed by atoms with Gasteiger partial charge in [0.15, 0.2) is 0 Å². The van der Waals surface area contributed by atoms with Crippen molar-refractivity contribution in [3.8, 4) is 5.75 Å². The molecule has 6 nitrogen and oxygen atoms in total. The van der Waals surface area contributed by atoms with Gasteiger partial charge in [0.25, 0.3) is 5.56 Å². The molecule has 0 atom stereocenters. The third kappa shape index (κ3) is 2.44. The number of hydrogen-bond acceptors (Lipinski definition) is 4. The molecule has 118 valence electrons. The summed E-state index contributed by atoms with van der Waals surface area (Å²) in [5.41, 5.74) is 7.88. The summed E-state index contributed by atoms with van der Waals surface area (Å²) in [7, 11) is 1.62. The van der Waals surface area contributed by atoms with Crippen LogP contribution in [0.1, 0.15) is 12.1 Å². The first-order valence-electron chi connectivity index (χ1n) is 6.92. The maximum Gasteiger partial charge on any atom is 0.262 e. The Morgan fingerprint density at radius 3 is 2.86 bits per heavy atom. The Labute approximate surface area is 133 Å². The molecule has 0 amide bonds. The first-order chi connectivity index (χ1) is 10.2. The van der Waals surface area contributed by atoms with Gasteiger partial charge in [-0.3, -0.25) is 9.89 Å². The molecule has 0 unspecified atom stereocenters. The van der Waals surface area contributed by atoms with E-state index in [-0.39, 0.29) is 18.0 Å². The zero-order valence-corrected chi connectivity index (χ0v) is 13.4. The van der Waals surface area contributed by atoms with Crippen molar-refractivity contribution in [2.45, 2.75) is 19.9 Å². The molecule has 2 aromatic heterocycles. The van der Waals surface area contributed by atoms with E-state index in [2.05, 4.69) is 10.2 Å². The number of aromatic nitrogens is 3. The predicted molar refractivity (Wildman–Crippen MR) is 90.1 cm³/mol. The van der Waals surface area contributed by atoms with Gasteiger partial charge < -0.3 is 15.0 Å². The Balaban J connectivity index is 0.00000176. The van der Waals surface area contributed by atoms with Gasteiger partial charge in [0.2, 0.25) is 0 Å². The van der Waals surface area contributed by atoms with E-state index >= 15 is 0 Å². The van der Waals surface area contributed by atoms with Crippen LogP contribution in [0.4, 0.5) is 0 Å². The number of nitrogens with two attached hydrogens (primary N) is 1. The van der Waals surface area contributed by atoms with Crippen LogP contribution >= 0.6 is 12.4 Å². The topological polar surface area (TPSA) is 85.9 Å². The molecule has 0 aliphatic heterocycles. The number of aryl methyl sites for hydroxylation is 2. The number of methoxy groups -OCH3 is 1. The lowest BCUT2D eigenvalue weighted by molar-refractivity contribution is 0.415. The number of H-pyrrole nitrogens is 1. The summed E-state index contributed by atoms with van der Waals surface area (Å²) in [6, 6.07) is 5.66. The van der Waals surface area contributed by atoms with Crippen molar-refractivity contribution < 1.29 is 4.74 Å². The number of ether oxygens (including phenoxy) is 1. The van der Waals surface area contributed by atoms with Gasteiger partial charge in [-0.25, -0.2) is 0 Å². The van der Waals surface area contributed by atoms with Crippen LogP contribution in [0.25, 0.3) is 21.8 Å². The summed E-state index contributed by atoms with van der Waals surface area (Å²) in [5.74, 6) is 0.744. The number of rotatable bonds is 4. The fraction of sp³-hybridized carbons (Fsp3) is 0.333. The quantitative estimate of drug-likeness (QED) is 0.769. The molecule has 7 heteroatoms. The summed E-state index contributed by atoms with van der Waals surface area (Å²) in [6.45, 7) is 3.00. The fourth-order valence-electron chi connectivity index (χ4n) is 2.67. The molecule has 0 aliphatic rings. The normalized spacial score (nSPS) is 10.9. The molecule has 3 rings (SSSR count). The van der Waals surface area contributed by atoms with E-state index in [0.717, 1.165) is 28.8 Å². The highest BCUT2D eigenvalue weighted by Crippen LogP contribution is 2.26. The first kappa shape index (κ1) is 16.3. The number of hydrogen-bond donors (Lipinski definition) is 2. The number of nitrogens with one attached hydrogen (secondary N) is 1. The highest BCUT2D eigenvalue weighted by Gasteiger charge is 2.15. The van der Waals surface area contributed by atoms with Gasteiger partial charge in [-0.2, -0.15) is 5.10 Å². The second kappa shape index (κ2) is 6.37. The van der Waals surface area contributed by atoms with Gasteiger partial charge in [0.1, 0.15) is 11.3 Å². The van der Waals surface area contributed by atoms with Crippen molar-refractivity contribution in [2.75, 3.05) is 13.7 Å². The third-order valence-electron chi connectivity index (χ3n) is 3.74. The lowest BCUT2D eigenvalue weighted by Gasteiger charge is -2.11. The van der Waals surface area contributed by atoms with Crippen LogP contribution in [0.3, 0.4) is 0 Å². The number of halogens is 1. The monoisotopic (exact) mass is 322 g/mol. The molecule has 1 aromatic carbocycles. The second-order valence-electron chi connectivity index (χ2n) is 5.05. The van der Waals surface area contributed by atoms with Gasteiger partial charge in [0.05, 0.1) is 18.0 Å². The molecular formula is C15H19ClN4O2. The lowest BCUT2D eigenvalue weighted by atomic mass is 10.1. The Morgan fingerprint density at radius 2 is 2.18 bits per heavy atom. The summed E-state index contributed by atoms with van der Waals surface area (Å²) in [6.07, 6.45) is 0.753. The van der Waals surface area contributed by atoms with Crippen LogP contribution in [0, 0.1) is 6.92 Å². The van der Waals surface area contributed by atoms with E-state index in [1.807, 2.05) is 25.1 Å². The van der Waals surface area contributed by atoms with E-state index in [9.17, 15) is 4.79 Å². The van der Waals surface area contributed by atoms with E-state index in [4.69, 9.17) is 10.5 Å². The zero-order valence-electron chi connectivity index (χ0n) is 12.5. The summed E-state index contributed by atoms with van der Waals surface area (Å²) < 4.78 is 7.05. The lowest BCUT2D eigenvalue weighted by Crippen LogP contribution is -2.22. The summed E-state index contributed by atoms with van der Waals surface area (Å²) >= 11 is 0. The molecule has 3 N–H and O–H groups in total. The molecule has 22 heavy (non-hydrogen) atoms. The van der Waals surface area contributed by atoms with Gasteiger partial charge in [0, 0.05) is 17.6 Å². The SMILES string of the molecule is COc1ccc2c(c1)c1n[nH]c(C)c1c(=O)n2CCCN.Cl. The average Bonchev–Trinajstić information content (AvgIpc) is 2.89. The molecule has 0 spiro atoms. The van der Waals surface area contributed by atoms with Crippen LogP contribution in [-0.4, -0.2) is 28.4 Å². The van der Waals surface area contributed by atoms with Crippen LogP contribution in [0.15, 0.2) is 23.0 Å². The molecule has 0 radical (unpaired) electrons. The molecule has 0 fully saturated rings. The smallest absolute Gasteiger partial charge is 0.262 e. The number of aromatic amines is 1. The van der Waals surface area contributed by atoms with E-state index in [1.54, 1.807) is 11.7 Å². The minimum absolute atomic E-state index is 0. The molecule has 0 bridgehead atoms. The molecule has 0 aliphatic carbocycles. The molecule has 3 aromatic rings. The summed E-state index contributed by atoms with van der Waals surface area (Å²) in [4.78, 5) is 12.7. The Kier molecular flexibility index (Phi) is 4.73. The van der Waals surface area contributed by atoms with Crippen LogP contribution in [-0.2, 0) is 6.54 Å². The summed E-state index contributed by atoms with van der Waals surface area (Å²) in [5, 5.41) is 8.73. The maximum atomic E-state index is 12.7. The zero-order chi connectivity index (χ0) is 15.0. The number of benzene rings is 1. The highest BCUT2D eigenvalue weighted by molar-refractivity contribution is 6.04. The van der Waals surface area contributed by atoms with E-state index < -0.39 is 0 Å². The van der Waals surface area contributed by atoms with Gasteiger partial charge in [-0.05, 0) is 38.1 Å². The Morgan fingerprint density at radius 1 is 1.41 bits per heavy atom. The number of pyridine rings is 1. The average molecular weight is 323 g/mol. The molecular weight excluding hydrogens is 304 g/mol. The first-order valence-corrected chi connectivity index (χ1v) is 6.92. The van der Waals surface area contributed by atoms with Crippen LogP contribution in [0.5, 0.6) is 5.75 Å². The van der Waals surface area contributed by atoms with Crippen molar-refractivity contribution in [1.82, 2.24) is 14.8 Å². The van der Waals surface area contributed by atoms with Crippen molar-refractivity contribution in [3.05, 3.63) is 34.2 Å². The Bertz CT molecular complexity index is 869. The predicted octanol–water partition coefficient (Wildman–Crippen LogP) is 1.97. The molecule has 0 saturated carbocycles. The molecule has 2 heterocycles. The molecule has 0 saturated heterocycles. The van der Waals surface area contributed by atoms with Gasteiger partial charge in [-0.1, -0.05) is 0 Å². The standard InChI is InChI=1S/C15H18N4O2.ClH/c1-9-13-14(18-17-9)11-8-10(21-2)4-5-12(11)19(15(13)20)7-3-6-16;/h4-5,8H,3,6-7,16H2,1-2H3,(H,17,18);1H. The van der Waals surface area contributed by atoms with E-state index in [1.165, 1.54) is 0 Å². The second-order valence-corrected chi connectivity index (χ2v) is 5.05. The highest BCUT2D eigenvalue weighted by atomic mass is 35.5. The van der Waals surface area contributed by atoms with Gasteiger partial charge >= 0.3 is 0 Å². The largest absolute Gasteiger partial charge is 0.497 e. The maximum absolute atomic E-state index is 12.7. The van der Waals surface area contributed by atoms with Crippen molar-refractivity contribution in [1.29, 1.82) is 0 Å². The van der Waals surface area contributed by atoms with Gasteiger partial charge in [-0.15, -0.1) is 12.4 Å². The minimum Gasteiger partial charge on any atom is -0.497 e. The van der Waals surface area contributed by atoms with Crippen molar-refractivity contribution >= 4 is 34.2 Å². The third-order valence-corrected chi connectivity index (χ3v) is 3.74. The van der Waals surface area contributed by atoms with Crippen molar-refractivity contribution in [2.24, 2.45) is 5.73 Å². The van der Waals surface area contributed by atoms with Crippen LogP contribution in [0.2, 0.25) is 0 Å². The Hall–Kier alpha value is -2.05. The minimum atomic E-state index is -0.0256. The van der Waals surface area contributed by atoms with E-state index in [0.29, 0.717) is 24.0 Å².